The maximum atomic E-state index is 14.1. The van der Waals surface area contributed by atoms with Crippen LogP contribution in [0.15, 0.2) is 109 Å². The summed E-state index contributed by atoms with van der Waals surface area (Å²) >= 11 is 0. The summed E-state index contributed by atoms with van der Waals surface area (Å²) in [6.45, 7) is 3.04. The Morgan fingerprint density at radius 2 is 1.36 bits per heavy atom. The van der Waals surface area contributed by atoms with E-state index in [1.54, 1.807) is 36.4 Å². The van der Waals surface area contributed by atoms with Crippen molar-refractivity contribution in [1.82, 2.24) is 10.2 Å². The standard InChI is InChI=1S/C34H36FN3O5S/c1-25(2)36-34(40)32(22-26-10-6-4-7-11-26)37(23-27-14-16-28(35)17-15-27)33(39)24-38(44(3,41)42)29-18-20-31(21-19-29)43-30-12-8-5-9-13-30/h4-21,25,32H,22-24H2,1-3H3,(H,36,40)/t32-/m0/s1. The molecule has 4 aromatic carbocycles. The molecule has 44 heavy (non-hydrogen) atoms. The molecule has 0 radical (unpaired) electrons. The van der Waals surface area contributed by atoms with Gasteiger partial charge in [0, 0.05) is 19.0 Å². The predicted molar refractivity (Wildman–Crippen MR) is 169 cm³/mol. The topological polar surface area (TPSA) is 96.0 Å². The summed E-state index contributed by atoms with van der Waals surface area (Å²) in [5.74, 6) is -0.299. The molecule has 230 valence electrons. The van der Waals surface area contributed by atoms with Crippen LogP contribution in [0.25, 0.3) is 0 Å². The molecule has 1 N–H and O–H groups in total. The molecule has 8 nitrogen and oxygen atoms in total. The first-order chi connectivity index (χ1) is 21.0. The van der Waals surface area contributed by atoms with Crippen LogP contribution in [0.4, 0.5) is 10.1 Å². The third kappa shape index (κ3) is 9.15. The molecule has 1 atom stereocenters. The maximum Gasteiger partial charge on any atom is 0.244 e. The molecular weight excluding hydrogens is 581 g/mol. The lowest BCUT2D eigenvalue weighted by atomic mass is 10.0. The van der Waals surface area contributed by atoms with Gasteiger partial charge >= 0.3 is 0 Å². The number of nitrogens with one attached hydrogen (secondary N) is 1. The molecule has 4 aromatic rings. The van der Waals surface area contributed by atoms with E-state index in [4.69, 9.17) is 4.74 Å². The average Bonchev–Trinajstić information content (AvgIpc) is 2.99. The lowest BCUT2D eigenvalue weighted by Gasteiger charge is -2.34. The van der Waals surface area contributed by atoms with Crippen LogP contribution in [-0.4, -0.2) is 50.0 Å². The number of rotatable bonds is 13. The van der Waals surface area contributed by atoms with Gasteiger partial charge in [-0.15, -0.1) is 0 Å². The van der Waals surface area contributed by atoms with Gasteiger partial charge in [0.25, 0.3) is 0 Å². The van der Waals surface area contributed by atoms with Crippen LogP contribution in [0.3, 0.4) is 0 Å². The van der Waals surface area contributed by atoms with E-state index in [1.807, 2.05) is 62.4 Å². The van der Waals surface area contributed by atoms with Crippen molar-refractivity contribution in [2.45, 2.75) is 38.9 Å². The summed E-state index contributed by atoms with van der Waals surface area (Å²) in [5, 5.41) is 2.90. The Balaban J connectivity index is 1.67. The summed E-state index contributed by atoms with van der Waals surface area (Å²) in [4.78, 5) is 29.1. The number of carbonyl (C=O) groups is 2. The number of nitrogens with zero attached hydrogens (tertiary/aromatic N) is 2. The number of para-hydroxylation sites is 1. The molecule has 0 saturated heterocycles. The summed E-state index contributed by atoms with van der Waals surface area (Å²) in [6.07, 6.45) is 1.21. The van der Waals surface area contributed by atoms with Gasteiger partial charge in [-0.05, 0) is 73.5 Å². The van der Waals surface area contributed by atoms with E-state index in [2.05, 4.69) is 5.32 Å². The second-order valence-electron chi connectivity index (χ2n) is 10.7. The van der Waals surface area contributed by atoms with Gasteiger partial charge in [-0.1, -0.05) is 60.7 Å². The van der Waals surface area contributed by atoms with Gasteiger partial charge in [-0.25, -0.2) is 12.8 Å². The summed E-state index contributed by atoms with van der Waals surface area (Å²) in [6, 6.07) is 29.2. The second-order valence-corrected chi connectivity index (χ2v) is 12.6. The van der Waals surface area contributed by atoms with Gasteiger partial charge in [0.1, 0.15) is 29.9 Å². The fourth-order valence-corrected chi connectivity index (χ4v) is 5.49. The van der Waals surface area contributed by atoms with Crippen molar-refractivity contribution in [3.63, 3.8) is 0 Å². The third-order valence-electron chi connectivity index (χ3n) is 6.75. The molecule has 10 heteroatoms. The number of carbonyl (C=O) groups excluding carboxylic acids is 2. The Morgan fingerprint density at radius 1 is 0.795 bits per heavy atom. The molecule has 0 aliphatic heterocycles. The van der Waals surface area contributed by atoms with Crippen LogP contribution in [0.5, 0.6) is 11.5 Å². The van der Waals surface area contributed by atoms with Crippen LogP contribution < -0.4 is 14.4 Å². The van der Waals surface area contributed by atoms with Crippen molar-refractivity contribution in [3.05, 3.63) is 126 Å². The number of benzene rings is 4. The zero-order valence-corrected chi connectivity index (χ0v) is 25.7. The molecule has 0 bridgehead atoms. The summed E-state index contributed by atoms with van der Waals surface area (Å²) in [5.41, 5.74) is 1.67. The quantitative estimate of drug-likeness (QED) is 0.212. The van der Waals surface area contributed by atoms with E-state index in [0.29, 0.717) is 17.1 Å². The Kier molecular flexibility index (Phi) is 10.7. The number of sulfonamides is 1. The lowest BCUT2D eigenvalue weighted by Crippen LogP contribution is -2.54. The Morgan fingerprint density at radius 3 is 1.93 bits per heavy atom. The average molecular weight is 618 g/mol. The number of halogens is 1. The maximum absolute atomic E-state index is 14.1. The monoisotopic (exact) mass is 617 g/mol. The smallest absolute Gasteiger partial charge is 0.244 e. The summed E-state index contributed by atoms with van der Waals surface area (Å²) < 4.78 is 46.5. The van der Waals surface area contributed by atoms with Crippen LogP contribution in [0.2, 0.25) is 0 Å². The number of ether oxygens (including phenoxy) is 1. The predicted octanol–water partition coefficient (Wildman–Crippen LogP) is 5.55. The highest BCUT2D eigenvalue weighted by Gasteiger charge is 2.33. The van der Waals surface area contributed by atoms with Gasteiger partial charge in [0.2, 0.25) is 21.8 Å². The molecule has 4 rings (SSSR count). The second kappa shape index (κ2) is 14.7. The van der Waals surface area contributed by atoms with E-state index in [9.17, 15) is 22.4 Å². The third-order valence-corrected chi connectivity index (χ3v) is 7.89. The summed E-state index contributed by atoms with van der Waals surface area (Å²) in [7, 11) is -3.93. The SMILES string of the molecule is CC(C)NC(=O)[C@H](Cc1ccccc1)N(Cc1ccc(F)cc1)C(=O)CN(c1ccc(Oc2ccccc2)cc1)S(C)(=O)=O. The molecule has 0 saturated carbocycles. The first-order valence-corrected chi connectivity index (χ1v) is 16.0. The molecule has 0 aliphatic rings. The molecule has 0 heterocycles. The van der Waals surface area contributed by atoms with Crippen molar-refractivity contribution in [2.24, 2.45) is 0 Å². The van der Waals surface area contributed by atoms with Crippen molar-refractivity contribution in [3.8, 4) is 11.5 Å². The van der Waals surface area contributed by atoms with Crippen molar-refractivity contribution in [2.75, 3.05) is 17.1 Å². The van der Waals surface area contributed by atoms with Crippen LogP contribution in [-0.2, 0) is 32.6 Å². The van der Waals surface area contributed by atoms with Crippen LogP contribution in [0, 0.1) is 5.82 Å². The zero-order valence-electron chi connectivity index (χ0n) is 24.9. The van der Waals surface area contributed by atoms with Gasteiger partial charge in [-0.3, -0.25) is 13.9 Å². The molecule has 0 aromatic heterocycles. The zero-order chi connectivity index (χ0) is 31.7. The minimum Gasteiger partial charge on any atom is -0.457 e. The number of hydrogen-bond donors (Lipinski definition) is 1. The fourth-order valence-electron chi connectivity index (χ4n) is 4.64. The van der Waals surface area contributed by atoms with E-state index in [-0.39, 0.29) is 30.6 Å². The lowest BCUT2D eigenvalue weighted by molar-refractivity contribution is -0.140. The highest BCUT2D eigenvalue weighted by molar-refractivity contribution is 7.92. The Labute approximate surface area is 258 Å². The van der Waals surface area contributed by atoms with Gasteiger partial charge in [0.05, 0.1) is 11.9 Å². The molecule has 2 amide bonds. The molecular formula is C34H36FN3O5S. The van der Waals surface area contributed by atoms with Crippen molar-refractivity contribution < 1.29 is 27.1 Å². The highest BCUT2D eigenvalue weighted by Crippen LogP contribution is 2.26. The fraction of sp³-hybridized carbons (Fsp3) is 0.235. The van der Waals surface area contributed by atoms with E-state index < -0.39 is 34.3 Å². The van der Waals surface area contributed by atoms with Gasteiger partial charge < -0.3 is 15.0 Å². The Bertz CT molecular complexity index is 1630. The van der Waals surface area contributed by atoms with E-state index in [0.717, 1.165) is 16.1 Å². The van der Waals surface area contributed by atoms with Gasteiger partial charge in [-0.2, -0.15) is 0 Å². The van der Waals surface area contributed by atoms with E-state index >= 15 is 0 Å². The minimum absolute atomic E-state index is 0.0381. The first kappa shape index (κ1) is 32.2. The largest absolute Gasteiger partial charge is 0.457 e. The number of anilines is 1. The molecule has 0 spiro atoms. The Hall–Kier alpha value is -4.70. The highest BCUT2D eigenvalue weighted by atomic mass is 32.2. The van der Waals surface area contributed by atoms with Crippen LogP contribution >= 0.6 is 0 Å². The van der Waals surface area contributed by atoms with Crippen molar-refractivity contribution >= 4 is 27.5 Å². The molecule has 0 fully saturated rings. The van der Waals surface area contributed by atoms with Gasteiger partial charge in [0.15, 0.2) is 0 Å². The van der Waals surface area contributed by atoms with E-state index in [1.165, 1.54) is 29.2 Å². The number of amides is 2. The minimum atomic E-state index is -3.93. The first-order valence-electron chi connectivity index (χ1n) is 14.2. The normalized spacial score (nSPS) is 11.9. The molecule has 0 aliphatic carbocycles. The van der Waals surface area contributed by atoms with Crippen molar-refractivity contribution in [1.29, 1.82) is 0 Å². The molecule has 0 unspecified atom stereocenters. The number of hydrogen-bond acceptors (Lipinski definition) is 5. The van der Waals surface area contributed by atoms with Crippen LogP contribution in [0.1, 0.15) is 25.0 Å².